The number of benzene rings is 1. The van der Waals surface area contributed by atoms with Crippen molar-refractivity contribution in [3.63, 3.8) is 0 Å². The minimum atomic E-state index is -0.432. The highest BCUT2D eigenvalue weighted by Gasteiger charge is 2.20. The van der Waals surface area contributed by atoms with Gasteiger partial charge >= 0.3 is 0 Å². The number of nitrogens with one attached hydrogen (secondary N) is 2. The lowest BCUT2D eigenvalue weighted by Crippen LogP contribution is -2.35. The van der Waals surface area contributed by atoms with Gasteiger partial charge in [0.15, 0.2) is 0 Å². The first-order valence-electron chi connectivity index (χ1n) is 6.81. The van der Waals surface area contributed by atoms with Gasteiger partial charge in [0.25, 0.3) is 0 Å². The SMILES string of the molecule is CNC(C(=O)NCc1cc(OC)ccc1Br)c1cnn(C)c1. The number of hydrogen-bond donors (Lipinski definition) is 2. The number of rotatable bonds is 6. The first kappa shape index (κ1) is 16.5. The average Bonchev–Trinajstić information content (AvgIpc) is 2.93. The van der Waals surface area contributed by atoms with Gasteiger partial charge in [0, 0.05) is 29.8 Å². The lowest BCUT2D eigenvalue weighted by Gasteiger charge is -2.15. The monoisotopic (exact) mass is 366 g/mol. The van der Waals surface area contributed by atoms with Crippen LogP contribution < -0.4 is 15.4 Å². The molecule has 1 unspecified atom stereocenters. The summed E-state index contributed by atoms with van der Waals surface area (Å²) in [5.41, 5.74) is 1.78. The maximum Gasteiger partial charge on any atom is 0.242 e. The summed E-state index contributed by atoms with van der Waals surface area (Å²) in [6.45, 7) is 0.412. The molecule has 0 fully saturated rings. The molecule has 1 heterocycles. The van der Waals surface area contributed by atoms with Gasteiger partial charge in [-0.2, -0.15) is 5.10 Å². The number of ether oxygens (including phenoxy) is 1. The zero-order chi connectivity index (χ0) is 16.1. The highest BCUT2D eigenvalue weighted by Crippen LogP contribution is 2.22. The summed E-state index contributed by atoms with van der Waals surface area (Å²) in [5, 5.41) is 10.0. The molecule has 1 aromatic heterocycles. The summed E-state index contributed by atoms with van der Waals surface area (Å²) in [7, 11) is 5.19. The van der Waals surface area contributed by atoms with Crippen molar-refractivity contribution in [2.45, 2.75) is 12.6 Å². The highest BCUT2D eigenvalue weighted by molar-refractivity contribution is 9.10. The van der Waals surface area contributed by atoms with Gasteiger partial charge in [0.2, 0.25) is 5.91 Å². The summed E-state index contributed by atoms with van der Waals surface area (Å²) in [5.74, 6) is 0.648. The second-order valence-electron chi connectivity index (χ2n) is 4.84. The number of amides is 1. The first-order valence-corrected chi connectivity index (χ1v) is 7.60. The van der Waals surface area contributed by atoms with Gasteiger partial charge in [-0.1, -0.05) is 15.9 Å². The average molecular weight is 367 g/mol. The summed E-state index contributed by atoms with van der Waals surface area (Å²) >= 11 is 3.48. The zero-order valence-corrected chi connectivity index (χ0v) is 14.3. The van der Waals surface area contributed by atoms with Crippen LogP contribution in [0.2, 0.25) is 0 Å². The number of methoxy groups -OCH3 is 1. The number of likely N-dealkylation sites (N-methyl/N-ethyl adjacent to an activating group) is 1. The molecule has 0 radical (unpaired) electrons. The van der Waals surface area contributed by atoms with E-state index in [4.69, 9.17) is 4.74 Å². The molecular weight excluding hydrogens is 348 g/mol. The van der Waals surface area contributed by atoms with Crippen molar-refractivity contribution in [3.8, 4) is 5.75 Å². The molecule has 0 spiro atoms. The fourth-order valence-corrected chi connectivity index (χ4v) is 2.52. The Kier molecular flexibility index (Phi) is 5.57. The fraction of sp³-hybridized carbons (Fsp3) is 0.333. The molecule has 0 aliphatic heterocycles. The molecular formula is C15H19BrN4O2. The van der Waals surface area contributed by atoms with Gasteiger partial charge in [-0.15, -0.1) is 0 Å². The summed E-state index contributed by atoms with van der Waals surface area (Å²) in [4.78, 5) is 12.4. The van der Waals surface area contributed by atoms with Crippen LogP contribution in [0.5, 0.6) is 5.75 Å². The third-order valence-corrected chi connectivity index (χ3v) is 4.09. The Morgan fingerprint density at radius 3 is 2.86 bits per heavy atom. The Morgan fingerprint density at radius 2 is 2.27 bits per heavy atom. The standard InChI is InChI=1S/C15H19BrN4O2/c1-17-14(11-8-19-20(2)9-11)15(21)18-7-10-6-12(22-3)4-5-13(10)16/h4-6,8-9,14,17H,7H2,1-3H3,(H,18,21). The van der Waals surface area contributed by atoms with Crippen LogP contribution >= 0.6 is 15.9 Å². The molecule has 0 bridgehead atoms. The minimum absolute atomic E-state index is 0.106. The summed E-state index contributed by atoms with van der Waals surface area (Å²) in [6, 6.07) is 5.22. The fourth-order valence-electron chi connectivity index (χ4n) is 2.14. The largest absolute Gasteiger partial charge is 0.497 e. The lowest BCUT2D eigenvalue weighted by atomic mass is 10.1. The summed E-state index contributed by atoms with van der Waals surface area (Å²) < 4.78 is 7.80. The molecule has 0 saturated heterocycles. The van der Waals surface area contributed by atoms with Gasteiger partial charge in [0.05, 0.1) is 13.3 Å². The molecule has 2 N–H and O–H groups in total. The minimum Gasteiger partial charge on any atom is -0.497 e. The van der Waals surface area contributed by atoms with Crippen molar-refractivity contribution >= 4 is 21.8 Å². The van der Waals surface area contributed by atoms with Gasteiger partial charge in [0.1, 0.15) is 11.8 Å². The van der Waals surface area contributed by atoms with Gasteiger partial charge < -0.3 is 15.4 Å². The number of nitrogens with zero attached hydrogens (tertiary/aromatic N) is 2. The molecule has 1 aromatic carbocycles. The van der Waals surface area contributed by atoms with Crippen LogP contribution in [0.3, 0.4) is 0 Å². The normalized spacial score (nSPS) is 12.0. The van der Waals surface area contributed by atoms with Crippen LogP contribution in [-0.2, 0) is 18.4 Å². The first-order chi connectivity index (χ1) is 10.5. The zero-order valence-electron chi connectivity index (χ0n) is 12.8. The van der Waals surface area contributed by atoms with E-state index in [1.807, 2.05) is 31.4 Å². The molecule has 0 aliphatic rings. The summed E-state index contributed by atoms with van der Waals surface area (Å²) in [6.07, 6.45) is 3.50. The Morgan fingerprint density at radius 1 is 1.50 bits per heavy atom. The molecule has 118 valence electrons. The van der Waals surface area contributed by atoms with E-state index in [1.165, 1.54) is 0 Å². The van der Waals surface area contributed by atoms with Crippen LogP contribution in [0.15, 0.2) is 35.1 Å². The Bertz CT molecular complexity index is 657. The molecule has 1 atom stereocenters. The molecule has 0 saturated carbocycles. The van der Waals surface area contributed by atoms with Crippen LogP contribution in [0.4, 0.5) is 0 Å². The molecule has 22 heavy (non-hydrogen) atoms. The second kappa shape index (κ2) is 7.42. The van der Waals surface area contributed by atoms with E-state index >= 15 is 0 Å². The van der Waals surface area contributed by atoms with E-state index in [2.05, 4.69) is 31.7 Å². The van der Waals surface area contributed by atoms with Crippen molar-refractivity contribution < 1.29 is 9.53 Å². The Labute approximate surface area is 138 Å². The van der Waals surface area contributed by atoms with E-state index in [-0.39, 0.29) is 5.91 Å². The van der Waals surface area contributed by atoms with Crippen LogP contribution in [-0.4, -0.2) is 29.8 Å². The second-order valence-corrected chi connectivity index (χ2v) is 5.70. The highest BCUT2D eigenvalue weighted by atomic mass is 79.9. The maximum atomic E-state index is 12.4. The van der Waals surface area contributed by atoms with Crippen molar-refractivity contribution in [2.75, 3.05) is 14.2 Å². The number of hydrogen-bond acceptors (Lipinski definition) is 4. The van der Waals surface area contributed by atoms with Crippen molar-refractivity contribution in [3.05, 3.63) is 46.2 Å². The lowest BCUT2D eigenvalue weighted by molar-refractivity contribution is -0.123. The van der Waals surface area contributed by atoms with E-state index in [1.54, 1.807) is 25.0 Å². The van der Waals surface area contributed by atoms with Gasteiger partial charge in [-0.25, -0.2) is 0 Å². The number of carbonyl (C=O) groups excluding carboxylic acids is 1. The number of aryl methyl sites for hydroxylation is 1. The van der Waals surface area contributed by atoms with Crippen molar-refractivity contribution in [1.82, 2.24) is 20.4 Å². The third kappa shape index (κ3) is 3.86. The predicted molar refractivity (Wildman–Crippen MR) is 87.5 cm³/mol. The number of carbonyl (C=O) groups is 1. The van der Waals surface area contributed by atoms with E-state index in [9.17, 15) is 4.79 Å². The smallest absolute Gasteiger partial charge is 0.242 e. The van der Waals surface area contributed by atoms with E-state index in [0.717, 1.165) is 21.3 Å². The van der Waals surface area contributed by atoms with Crippen molar-refractivity contribution in [1.29, 1.82) is 0 Å². The Hall–Kier alpha value is -1.86. The number of aromatic nitrogens is 2. The molecule has 1 amide bonds. The molecule has 0 aliphatic carbocycles. The number of halogens is 1. The Balaban J connectivity index is 2.05. The van der Waals surface area contributed by atoms with Gasteiger partial charge in [-0.3, -0.25) is 9.48 Å². The quantitative estimate of drug-likeness (QED) is 0.817. The van der Waals surface area contributed by atoms with Crippen LogP contribution in [0, 0.1) is 0 Å². The van der Waals surface area contributed by atoms with Crippen molar-refractivity contribution in [2.24, 2.45) is 7.05 Å². The van der Waals surface area contributed by atoms with Crippen LogP contribution in [0.1, 0.15) is 17.2 Å². The molecule has 6 nitrogen and oxygen atoms in total. The predicted octanol–water partition coefficient (Wildman–Crippen LogP) is 1.77. The van der Waals surface area contributed by atoms with Crippen LogP contribution in [0.25, 0.3) is 0 Å². The maximum absolute atomic E-state index is 12.4. The molecule has 2 aromatic rings. The molecule has 2 rings (SSSR count). The topological polar surface area (TPSA) is 68.2 Å². The molecule has 7 heteroatoms. The van der Waals surface area contributed by atoms with E-state index in [0.29, 0.717) is 6.54 Å². The third-order valence-electron chi connectivity index (χ3n) is 3.31. The van der Waals surface area contributed by atoms with E-state index < -0.39 is 6.04 Å². The van der Waals surface area contributed by atoms with Gasteiger partial charge in [-0.05, 0) is 30.8 Å².